The molecule has 5 nitrogen and oxygen atoms in total. The maximum Gasteiger partial charge on any atom is 0.320 e. The number of esters is 1. The first kappa shape index (κ1) is 17.0. The molecule has 0 amide bonds. The van der Waals surface area contributed by atoms with Crippen molar-refractivity contribution in [1.82, 2.24) is 5.32 Å². The number of carbonyl (C=O) groups excluding carboxylic acids is 1. The number of aliphatic carboxylic acids is 1. The topological polar surface area (TPSA) is 75.6 Å². The number of carbonyl (C=O) groups is 2. The Bertz CT molecular complexity index is 480. The summed E-state index contributed by atoms with van der Waals surface area (Å²) in [6, 6.07) is 6.77. The molecule has 0 spiro atoms. The second kappa shape index (κ2) is 7.66. The van der Waals surface area contributed by atoms with Crippen LogP contribution in [0.3, 0.4) is 0 Å². The number of hydrogen-bond donors (Lipinski definition) is 2. The van der Waals surface area contributed by atoms with Crippen LogP contribution in [0.25, 0.3) is 0 Å². The van der Waals surface area contributed by atoms with Gasteiger partial charge in [0.1, 0.15) is 11.8 Å². The van der Waals surface area contributed by atoms with Crippen LogP contribution in [-0.2, 0) is 9.59 Å². The lowest BCUT2D eigenvalue weighted by Gasteiger charge is -2.08. The Morgan fingerprint density at radius 3 is 2.50 bits per heavy atom. The number of ether oxygens (including phenoxy) is 1. The first-order valence-electron chi connectivity index (χ1n) is 5.96. The van der Waals surface area contributed by atoms with Crippen molar-refractivity contribution in [3.8, 4) is 5.75 Å². The summed E-state index contributed by atoms with van der Waals surface area (Å²) >= 11 is 1.63. The number of carboxylic acid groups (broad SMARTS) is 1. The molecular formula is C13H16BrNO4S. The van der Waals surface area contributed by atoms with Gasteiger partial charge in [0.25, 0.3) is 0 Å². The fourth-order valence-corrected chi connectivity index (χ4v) is 3.07. The van der Waals surface area contributed by atoms with Crippen molar-refractivity contribution in [1.29, 1.82) is 0 Å². The van der Waals surface area contributed by atoms with Crippen LogP contribution in [0, 0.1) is 0 Å². The highest BCUT2D eigenvalue weighted by Crippen LogP contribution is 2.30. The molecule has 1 aliphatic heterocycles. The minimum atomic E-state index is -0.798. The molecule has 2 atom stereocenters. The summed E-state index contributed by atoms with van der Waals surface area (Å²) in [7, 11) is 0. The van der Waals surface area contributed by atoms with Crippen molar-refractivity contribution in [2.45, 2.75) is 29.5 Å². The Balaban J connectivity index is 0.00000200. The maximum atomic E-state index is 10.8. The third kappa shape index (κ3) is 4.81. The van der Waals surface area contributed by atoms with E-state index in [-0.39, 0.29) is 28.2 Å². The van der Waals surface area contributed by atoms with Crippen molar-refractivity contribution in [2.24, 2.45) is 0 Å². The molecule has 110 valence electrons. The summed E-state index contributed by atoms with van der Waals surface area (Å²) in [5, 5.41) is 12.1. The van der Waals surface area contributed by atoms with Crippen LogP contribution < -0.4 is 10.1 Å². The summed E-state index contributed by atoms with van der Waals surface area (Å²) in [5.41, 5.74) is 0. The summed E-state index contributed by atoms with van der Waals surface area (Å²) in [6.45, 7) is 2.05. The van der Waals surface area contributed by atoms with E-state index in [9.17, 15) is 9.59 Å². The number of halogens is 1. The molecule has 7 heteroatoms. The third-order valence-electron chi connectivity index (χ3n) is 2.78. The van der Waals surface area contributed by atoms with Crippen molar-refractivity contribution in [3.05, 3.63) is 24.3 Å². The summed E-state index contributed by atoms with van der Waals surface area (Å²) in [4.78, 5) is 22.6. The van der Waals surface area contributed by atoms with E-state index in [0.717, 1.165) is 4.90 Å². The van der Waals surface area contributed by atoms with Gasteiger partial charge in [-0.3, -0.25) is 9.59 Å². The Labute approximate surface area is 131 Å². The highest BCUT2D eigenvalue weighted by molar-refractivity contribution is 8.93. The number of nitrogens with one attached hydrogen (secondary N) is 1. The van der Waals surface area contributed by atoms with Gasteiger partial charge < -0.3 is 15.2 Å². The zero-order valence-corrected chi connectivity index (χ0v) is 13.4. The fraction of sp³-hybridized carbons (Fsp3) is 0.385. The number of hydrogen-bond acceptors (Lipinski definition) is 5. The van der Waals surface area contributed by atoms with Gasteiger partial charge in [0.2, 0.25) is 0 Å². The lowest BCUT2D eigenvalue weighted by molar-refractivity contribution is -0.139. The SMILES string of the molecule is Br.CC(=O)Oc1ccc(S[C@@H]2CN[C@H](C(=O)O)C2)cc1. The van der Waals surface area contributed by atoms with Crippen LogP contribution >= 0.6 is 28.7 Å². The van der Waals surface area contributed by atoms with E-state index >= 15 is 0 Å². The van der Waals surface area contributed by atoms with Crippen molar-refractivity contribution < 1.29 is 19.4 Å². The third-order valence-corrected chi connectivity index (χ3v) is 4.01. The Morgan fingerprint density at radius 1 is 1.35 bits per heavy atom. The molecule has 0 unspecified atom stereocenters. The zero-order valence-electron chi connectivity index (χ0n) is 10.9. The van der Waals surface area contributed by atoms with Gasteiger partial charge in [-0.15, -0.1) is 28.7 Å². The van der Waals surface area contributed by atoms with Crippen LogP contribution in [0.2, 0.25) is 0 Å². The highest BCUT2D eigenvalue weighted by Gasteiger charge is 2.29. The van der Waals surface area contributed by atoms with E-state index in [2.05, 4.69) is 5.32 Å². The second-order valence-corrected chi connectivity index (χ2v) is 5.71. The van der Waals surface area contributed by atoms with Crippen LogP contribution in [0.5, 0.6) is 5.75 Å². The quantitative estimate of drug-likeness (QED) is 0.631. The standard InChI is InChI=1S/C13H15NO4S.BrH/c1-8(15)18-9-2-4-10(5-3-9)19-11-6-12(13(16)17)14-7-11;/h2-5,11-12,14H,6-7H2,1H3,(H,16,17);1H/t11-,12-;/m0./s1. The molecule has 1 heterocycles. The van der Waals surface area contributed by atoms with Crippen LogP contribution in [0.1, 0.15) is 13.3 Å². The molecule has 2 rings (SSSR count). The van der Waals surface area contributed by atoms with Gasteiger partial charge in [-0.25, -0.2) is 0 Å². The number of carboxylic acids is 1. The minimum absolute atomic E-state index is 0. The molecule has 0 bridgehead atoms. The van der Waals surface area contributed by atoms with Gasteiger partial charge in [-0.2, -0.15) is 0 Å². The van der Waals surface area contributed by atoms with Gasteiger partial charge in [0, 0.05) is 23.6 Å². The van der Waals surface area contributed by atoms with E-state index in [4.69, 9.17) is 9.84 Å². The normalized spacial score (nSPS) is 21.1. The molecule has 1 fully saturated rings. The first-order valence-corrected chi connectivity index (χ1v) is 6.84. The molecule has 20 heavy (non-hydrogen) atoms. The molecule has 1 aromatic rings. The summed E-state index contributed by atoms with van der Waals surface area (Å²) < 4.78 is 4.95. The second-order valence-electron chi connectivity index (χ2n) is 4.34. The Kier molecular flexibility index (Phi) is 6.51. The first-order chi connectivity index (χ1) is 9.04. The van der Waals surface area contributed by atoms with Crippen LogP contribution in [0.15, 0.2) is 29.2 Å². The van der Waals surface area contributed by atoms with Gasteiger partial charge in [0.05, 0.1) is 0 Å². The minimum Gasteiger partial charge on any atom is -0.480 e. The predicted molar refractivity (Wildman–Crippen MR) is 81.8 cm³/mol. The monoisotopic (exact) mass is 361 g/mol. The van der Waals surface area contributed by atoms with E-state index in [1.165, 1.54) is 6.92 Å². The van der Waals surface area contributed by atoms with E-state index in [1.54, 1.807) is 23.9 Å². The molecule has 0 aromatic heterocycles. The molecular weight excluding hydrogens is 346 g/mol. The summed E-state index contributed by atoms with van der Waals surface area (Å²) in [5.74, 6) is -0.622. The molecule has 2 N–H and O–H groups in total. The highest BCUT2D eigenvalue weighted by atomic mass is 79.9. The molecule has 1 aliphatic rings. The molecule has 1 aromatic carbocycles. The molecule has 1 saturated heterocycles. The van der Waals surface area contributed by atoms with Gasteiger partial charge in [0.15, 0.2) is 0 Å². The van der Waals surface area contributed by atoms with Gasteiger partial charge in [-0.1, -0.05) is 0 Å². The molecule has 0 saturated carbocycles. The Hall–Kier alpha value is -1.05. The number of benzene rings is 1. The van der Waals surface area contributed by atoms with Gasteiger partial charge in [-0.05, 0) is 30.7 Å². The Morgan fingerprint density at radius 2 is 2.00 bits per heavy atom. The van der Waals surface area contributed by atoms with Crippen molar-refractivity contribution >= 4 is 40.7 Å². The van der Waals surface area contributed by atoms with Crippen LogP contribution in [-0.4, -0.2) is 34.9 Å². The smallest absolute Gasteiger partial charge is 0.320 e. The van der Waals surface area contributed by atoms with Gasteiger partial charge >= 0.3 is 11.9 Å². The molecule has 0 aliphatic carbocycles. The lowest BCUT2D eigenvalue weighted by atomic mass is 10.2. The predicted octanol–water partition coefficient (Wildman–Crippen LogP) is 2.10. The largest absolute Gasteiger partial charge is 0.480 e. The average Bonchev–Trinajstić information content (AvgIpc) is 2.80. The fourth-order valence-electron chi connectivity index (χ4n) is 1.93. The molecule has 0 radical (unpaired) electrons. The van der Waals surface area contributed by atoms with E-state index in [0.29, 0.717) is 18.7 Å². The number of rotatable bonds is 4. The van der Waals surface area contributed by atoms with E-state index < -0.39 is 12.0 Å². The van der Waals surface area contributed by atoms with Crippen LogP contribution in [0.4, 0.5) is 0 Å². The summed E-state index contributed by atoms with van der Waals surface area (Å²) in [6.07, 6.45) is 0.617. The number of thioether (sulfide) groups is 1. The van der Waals surface area contributed by atoms with Crippen molar-refractivity contribution in [2.75, 3.05) is 6.54 Å². The van der Waals surface area contributed by atoms with E-state index in [1.807, 2.05) is 12.1 Å². The maximum absolute atomic E-state index is 10.8. The van der Waals surface area contributed by atoms with Crippen molar-refractivity contribution in [3.63, 3.8) is 0 Å². The average molecular weight is 362 g/mol. The lowest BCUT2D eigenvalue weighted by Crippen LogP contribution is -2.29. The zero-order chi connectivity index (χ0) is 13.8.